The second-order valence-corrected chi connectivity index (χ2v) is 10.1. The van der Waals surface area contributed by atoms with Crippen LogP contribution in [0.5, 0.6) is 0 Å². The summed E-state index contributed by atoms with van der Waals surface area (Å²) in [6, 6.07) is 7.34. The Balaban J connectivity index is 2.53. The maximum Gasteiger partial charge on any atom is 0.177 e. The number of halogens is 2. The van der Waals surface area contributed by atoms with E-state index in [0.717, 1.165) is 18.6 Å². The van der Waals surface area contributed by atoms with Gasteiger partial charge in [0.2, 0.25) is 0 Å². The van der Waals surface area contributed by atoms with Crippen molar-refractivity contribution >= 4 is 37.0 Å². The Hall–Kier alpha value is -1.64. The zero-order valence-electron chi connectivity index (χ0n) is 13.7. The third-order valence-electron chi connectivity index (χ3n) is 3.59. The SMILES string of the molecule is CC(Nc1ccc(S(C)(=O)=O)cc1S(C)(=O)=O)c1c(F)cccc1Cl. The van der Waals surface area contributed by atoms with Crippen molar-refractivity contribution in [3.8, 4) is 0 Å². The van der Waals surface area contributed by atoms with E-state index in [1.165, 1.54) is 30.3 Å². The molecule has 0 saturated carbocycles. The van der Waals surface area contributed by atoms with Crippen molar-refractivity contribution in [3.63, 3.8) is 0 Å². The van der Waals surface area contributed by atoms with E-state index in [9.17, 15) is 21.2 Å². The molecular formula is C16H17ClFNO4S2. The fourth-order valence-corrected chi connectivity index (χ4v) is 4.31. The second kappa shape index (κ2) is 6.93. The molecule has 25 heavy (non-hydrogen) atoms. The van der Waals surface area contributed by atoms with Crippen LogP contribution in [-0.2, 0) is 19.7 Å². The molecule has 2 aromatic rings. The Morgan fingerprint density at radius 3 is 2.20 bits per heavy atom. The number of hydrogen-bond acceptors (Lipinski definition) is 5. The molecule has 0 aliphatic heterocycles. The van der Waals surface area contributed by atoms with Crippen LogP contribution in [0.2, 0.25) is 5.02 Å². The van der Waals surface area contributed by atoms with E-state index in [1.807, 2.05) is 0 Å². The maximum absolute atomic E-state index is 14.0. The molecule has 0 saturated heterocycles. The molecule has 1 unspecified atom stereocenters. The summed E-state index contributed by atoms with van der Waals surface area (Å²) in [6.45, 7) is 1.63. The van der Waals surface area contributed by atoms with Crippen LogP contribution in [0.1, 0.15) is 18.5 Å². The lowest BCUT2D eigenvalue weighted by Crippen LogP contribution is -2.13. The van der Waals surface area contributed by atoms with Gasteiger partial charge in [0.15, 0.2) is 19.7 Å². The van der Waals surface area contributed by atoms with Gasteiger partial charge in [-0.2, -0.15) is 0 Å². The first-order chi connectivity index (χ1) is 11.4. The second-order valence-electron chi connectivity index (χ2n) is 5.70. The van der Waals surface area contributed by atoms with Crippen LogP contribution in [0.25, 0.3) is 0 Å². The minimum atomic E-state index is -3.72. The van der Waals surface area contributed by atoms with Crippen molar-refractivity contribution in [1.82, 2.24) is 0 Å². The highest BCUT2D eigenvalue weighted by Crippen LogP contribution is 2.32. The van der Waals surface area contributed by atoms with Gasteiger partial charge in [-0.15, -0.1) is 0 Å². The van der Waals surface area contributed by atoms with Crippen LogP contribution < -0.4 is 5.32 Å². The third kappa shape index (κ3) is 4.50. The van der Waals surface area contributed by atoms with E-state index in [0.29, 0.717) is 0 Å². The number of anilines is 1. The topological polar surface area (TPSA) is 80.3 Å². The predicted octanol–water partition coefficient (Wildman–Crippen LogP) is 3.46. The van der Waals surface area contributed by atoms with Crippen LogP contribution in [-0.4, -0.2) is 29.3 Å². The summed E-state index contributed by atoms with van der Waals surface area (Å²) in [5, 5.41) is 3.10. The van der Waals surface area contributed by atoms with Crippen LogP contribution in [0.4, 0.5) is 10.1 Å². The van der Waals surface area contributed by atoms with Gasteiger partial charge in [0.25, 0.3) is 0 Å². The molecule has 5 nitrogen and oxygen atoms in total. The van der Waals surface area contributed by atoms with E-state index in [4.69, 9.17) is 11.6 Å². The van der Waals surface area contributed by atoms with E-state index < -0.39 is 31.5 Å². The molecule has 9 heteroatoms. The Bertz CT molecular complexity index is 1000. The fraction of sp³-hybridized carbons (Fsp3) is 0.250. The molecule has 2 rings (SSSR count). The number of benzene rings is 2. The van der Waals surface area contributed by atoms with Crippen LogP contribution in [0, 0.1) is 5.82 Å². The minimum Gasteiger partial charge on any atom is -0.377 e. The number of sulfone groups is 2. The molecule has 0 heterocycles. The highest BCUT2D eigenvalue weighted by Gasteiger charge is 2.21. The standard InChI is InChI=1S/C16H17ClFNO4S2/c1-10(16-12(17)5-4-6-13(16)18)19-14-8-7-11(24(2,20)21)9-15(14)25(3,22)23/h4-10,19H,1-3H3. The van der Waals surface area contributed by atoms with E-state index in [2.05, 4.69) is 5.32 Å². The molecule has 0 spiro atoms. The fourth-order valence-electron chi connectivity index (χ4n) is 2.39. The normalized spacial score (nSPS) is 13.5. The molecule has 1 N–H and O–H groups in total. The molecule has 0 fully saturated rings. The molecule has 0 amide bonds. The van der Waals surface area contributed by atoms with Crippen LogP contribution in [0.3, 0.4) is 0 Å². The quantitative estimate of drug-likeness (QED) is 0.823. The number of nitrogens with one attached hydrogen (secondary N) is 1. The van der Waals surface area contributed by atoms with Gasteiger partial charge in [0.1, 0.15) is 5.82 Å². The summed E-state index contributed by atoms with van der Waals surface area (Å²) in [4.78, 5) is -0.301. The maximum atomic E-state index is 14.0. The summed E-state index contributed by atoms with van der Waals surface area (Å²) in [6.07, 6.45) is 1.96. The summed E-state index contributed by atoms with van der Waals surface area (Å²) < 4.78 is 61.5. The molecular weight excluding hydrogens is 389 g/mol. The van der Waals surface area contributed by atoms with Crippen molar-refractivity contribution in [2.24, 2.45) is 0 Å². The van der Waals surface area contributed by atoms with Crippen LogP contribution >= 0.6 is 11.6 Å². The van der Waals surface area contributed by atoms with Crippen molar-refractivity contribution in [3.05, 3.63) is 52.8 Å². The summed E-state index contributed by atoms with van der Waals surface area (Å²) in [7, 11) is -7.29. The Kier molecular flexibility index (Phi) is 5.46. The van der Waals surface area contributed by atoms with Gasteiger partial charge in [-0.3, -0.25) is 0 Å². The lowest BCUT2D eigenvalue weighted by molar-refractivity contribution is 0.598. The van der Waals surface area contributed by atoms with Gasteiger partial charge in [0, 0.05) is 23.1 Å². The first-order valence-corrected chi connectivity index (χ1v) is 11.3. The lowest BCUT2D eigenvalue weighted by atomic mass is 10.1. The smallest absolute Gasteiger partial charge is 0.177 e. The van der Waals surface area contributed by atoms with Gasteiger partial charge >= 0.3 is 0 Å². The largest absolute Gasteiger partial charge is 0.377 e. The first kappa shape index (κ1) is 19.7. The van der Waals surface area contributed by atoms with E-state index in [1.54, 1.807) is 6.92 Å². The average molecular weight is 406 g/mol. The molecule has 0 radical (unpaired) electrons. The third-order valence-corrected chi connectivity index (χ3v) is 6.16. The van der Waals surface area contributed by atoms with Gasteiger partial charge in [0.05, 0.1) is 21.5 Å². The van der Waals surface area contributed by atoms with Crippen molar-refractivity contribution in [2.75, 3.05) is 17.8 Å². The molecule has 136 valence electrons. The lowest BCUT2D eigenvalue weighted by Gasteiger charge is -2.20. The highest BCUT2D eigenvalue weighted by atomic mass is 35.5. The predicted molar refractivity (Wildman–Crippen MR) is 96.1 cm³/mol. The minimum absolute atomic E-state index is 0.116. The van der Waals surface area contributed by atoms with Gasteiger partial charge in [-0.05, 0) is 37.3 Å². The van der Waals surface area contributed by atoms with Gasteiger partial charge in [-0.25, -0.2) is 21.2 Å². The number of rotatable bonds is 5. The highest BCUT2D eigenvalue weighted by molar-refractivity contribution is 7.91. The summed E-state index contributed by atoms with van der Waals surface area (Å²) >= 11 is 6.03. The van der Waals surface area contributed by atoms with Crippen molar-refractivity contribution in [2.45, 2.75) is 22.8 Å². The van der Waals surface area contributed by atoms with Gasteiger partial charge < -0.3 is 5.32 Å². The van der Waals surface area contributed by atoms with Crippen molar-refractivity contribution in [1.29, 1.82) is 0 Å². The number of hydrogen-bond donors (Lipinski definition) is 1. The molecule has 0 aliphatic rings. The summed E-state index contributed by atoms with van der Waals surface area (Å²) in [5.41, 5.74) is 0.359. The van der Waals surface area contributed by atoms with Gasteiger partial charge in [-0.1, -0.05) is 17.7 Å². The molecule has 0 aromatic heterocycles. The Morgan fingerprint density at radius 1 is 1.04 bits per heavy atom. The molecule has 1 atom stereocenters. The molecule has 2 aromatic carbocycles. The van der Waals surface area contributed by atoms with E-state index >= 15 is 0 Å². The molecule has 0 bridgehead atoms. The monoisotopic (exact) mass is 405 g/mol. The molecule has 0 aliphatic carbocycles. The van der Waals surface area contributed by atoms with Crippen molar-refractivity contribution < 1.29 is 21.2 Å². The first-order valence-electron chi connectivity index (χ1n) is 7.16. The van der Waals surface area contributed by atoms with Crippen LogP contribution in [0.15, 0.2) is 46.2 Å². The average Bonchev–Trinajstić information content (AvgIpc) is 2.45. The zero-order valence-corrected chi connectivity index (χ0v) is 16.1. The zero-order chi connectivity index (χ0) is 19.0. The van der Waals surface area contributed by atoms with E-state index in [-0.39, 0.29) is 26.1 Å². The Morgan fingerprint density at radius 2 is 1.68 bits per heavy atom. The summed E-state index contributed by atoms with van der Waals surface area (Å²) in [5.74, 6) is -0.527. The Labute approximate surface area is 151 Å².